The van der Waals surface area contributed by atoms with Crippen LogP contribution in [0.1, 0.15) is 5.56 Å². The van der Waals surface area contributed by atoms with Crippen molar-refractivity contribution in [3.05, 3.63) is 45.8 Å². The van der Waals surface area contributed by atoms with Crippen LogP contribution in [0.5, 0.6) is 0 Å². The molecule has 0 radical (unpaired) electrons. The van der Waals surface area contributed by atoms with Crippen LogP contribution in [0.4, 0.5) is 11.5 Å². The Labute approximate surface area is 123 Å². The first-order chi connectivity index (χ1) is 8.58. The summed E-state index contributed by atoms with van der Waals surface area (Å²) < 4.78 is 0.903. The van der Waals surface area contributed by atoms with Gasteiger partial charge in [-0.2, -0.15) is 0 Å². The lowest BCUT2D eigenvalue weighted by Gasteiger charge is -2.10. The Morgan fingerprint density at radius 3 is 2.94 bits per heavy atom. The molecule has 2 rings (SSSR count). The molecule has 0 fully saturated rings. The minimum Gasteiger partial charge on any atom is -0.389 e. The fourth-order valence-corrected chi connectivity index (χ4v) is 2.01. The monoisotopic (exact) mass is 342 g/mol. The number of halogens is 2. The molecule has 0 bridgehead atoms. The first-order valence-corrected chi connectivity index (χ1v) is 6.47. The second-order valence-electron chi connectivity index (χ2n) is 3.40. The third-order valence-electron chi connectivity index (χ3n) is 2.16. The molecule has 0 amide bonds. The molecule has 0 aliphatic carbocycles. The molecule has 0 saturated heterocycles. The summed E-state index contributed by atoms with van der Waals surface area (Å²) in [5, 5.41) is 3.66. The summed E-state index contributed by atoms with van der Waals surface area (Å²) in [6.07, 6.45) is 2.97. The van der Waals surface area contributed by atoms with Gasteiger partial charge in [-0.25, -0.2) is 9.97 Å². The number of hydrogen-bond donors (Lipinski definition) is 2. The topological polar surface area (TPSA) is 63.8 Å². The van der Waals surface area contributed by atoms with Gasteiger partial charge in [0.1, 0.15) is 17.1 Å². The van der Waals surface area contributed by atoms with Crippen molar-refractivity contribution in [1.29, 1.82) is 0 Å². The predicted molar refractivity (Wildman–Crippen MR) is 80.4 cm³/mol. The fraction of sp³-hybridized carbons (Fsp3) is 0. The zero-order valence-corrected chi connectivity index (χ0v) is 12.2. The van der Waals surface area contributed by atoms with Gasteiger partial charge in [-0.15, -0.1) is 0 Å². The van der Waals surface area contributed by atoms with E-state index in [1.165, 1.54) is 6.33 Å². The second-order valence-corrected chi connectivity index (χ2v) is 5.16. The van der Waals surface area contributed by atoms with Gasteiger partial charge in [0, 0.05) is 10.7 Å². The van der Waals surface area contributed by atoms with Gasteiger partial charge in [-0.3, -0.25) is 0 Å². The molecule has 0 aliphatic heterocycles. The van der Waals surface area contributed by atoms with E-state index in [-0.39, 0.29) is 4.99 Å². The number of nitrogens with two attached hydrogens (primary N) is 1. The summed E-state index contributed by atoms with van der Waals surface area (Å²) >= 11 is 14.4. The summed E-state index contributed by atoms with van der Waals surface area (Å²) in [4.78, 5) is 8.22. The molecule has 0 aliphatic rings. The first-order valence-electron chi connectivity index (χ1n) is 4.90. The maximum absolute atomic E-state index is 6.09. The number of aromatic nitrogens is 2. The molecule has 1 aromatic heterocycles. The van der Waals surface area contributed by atoms with Gasteiger partial charge in [0.25, 0.3) is 0 Å². The third kappa shape index (κ3) is 2.95. The summed E-state index contributed by atoms with van der Waals surface area (Å²) in [6, 6.07) is 5.46. The van der Waals surface area contributed by atoms with Gasteiger partial charge in [0.05, 0.1) is 16.3 Å². The fourth-order valence-electron chi connectivity index (χ4n) is 1.33. The van der Waals surface area contributed by atoms with E-state index in [4.69, 9.17) is 29.6 Å². The minimum atomic E-state index is 0.226. The molecule has 0 unspecified atom stereocenters. The Morgan fingerprint density at radius 2 is 2.22 bits per heavy atom. The minimum absolute atomic E-state index is 0.226. The van der Waals surface area contributed by atoms with Crippen molar-refractivity contribution < 1.29 is 0 Å². The van der Waals surface area contributed by atoms with Crippen molar-refractivity contribution in [3.8, 4) is 0 Å². The standard InChI is InChI=1S/C11H8BrClN4S/c12-6-1-2-8(13)9(3-6)17-11-7(10(14)18)4-15-5-16-11/h1-5H,(H2,14,18)(H,15,16,17). The lowest BCUT2D eigenvalue weighted by Crippen LogP contribution is -2.13. The molecule has 92 valence electrons. The van der Waals surface area contributed by atoms with Crippen molar-refractivity contribution >= 4 is 56.2 Å². The van der Waals surface area contributed by atoms with Gasteiger partial charge in [-0.05, 0) is 18.2 Å². The summed E-state index contributed by atoms with van der Waals surface area (Å²) in [6.45, 7) is 0. The van der Waals surface area contributed by atoms with Crippen molar-refractivity contribution in [2.75, 3.05) is 5.32 Å². The average molecular weight is 344 g/mol. The summed E-state index contributed by atoms with van der Waals surface area (Å²) in [7, 11) is 0. The van der Waals surface area contributed by atoms with Gasteiger partial charge in [0.15, 0.2) is 0 Å². The van der Waals surface area contributed by atoms with Crippen LogP contribution in [0.25, 0.3) is 0 Å². The lowest BCUT2D eigenvalue weighted by atomic mass is 10.2. The number of benzene rings is 1. The number of rotatable bonds is 3. The number of anilines is 2. The maximum Gasteiger partial charge on any atom is 0.144 e. The zero-order valence-electron chi connectivity index (χ0n) is 9.02. The van der Waals surface area contributed by atoms with E-state index in [0.29, 0.717) is 22.1 Å². The Kier molecular flexibility index (Phi) is 4.11. The maximum atomic E-state index is 6.09. The molecular formula is C11H8BrClN4S. The smallest absolute Gasteiger partial charge is 0.144 e. The van der Waals surface area contributed by atoms with Crippen LogP contribution >= 0.6 is 39.7 Å². The van der Waals surface area contributed by atoms with Crippen LogP contribution < -0.4 is 11.1 Å². The Balaban J connectivity index is 2.40. The predicted octanol–water partition coefficient (Wildman–Crippen LogP) is 3.27. The van der Waals surface area contributed by atoms with E-state index in [1.54, 1.807) is 12.3 Å². The molecule has 0 spiro atoms. The van der Waals surface area contributed by atoms with E-state index >= 15 is 0 Å². The van der Waals surface area contributed by atoms with E-state index in [2.05, 4.69) is 31.2 Å². The van der Waals surface area contributed by atoms with Gasteiger partial charge in [-0.1, -0.05) is 39.7 Å². The zero-order chi connectivity index (χ0) is 13.1. The second kappa shape index (κ2) is 5.60. The number of hydrogen-bond acceptors (Lipinski definition) is 4. The van der Waals surface area contributed by atoms with Crippen LogP contribution in [0.2, 0.25) is 5.02 Å². The van der Waals surface area contributed by atoms with Crippen LogP contribution in [0, 0.1) is 0 Å². The molecule has 1 aromatic carbocycles. The number of nitrogens with one attached hydrogen (secondary N) is 1. The van der Waals surface area contributed by atoms with Crippen LogP contribution in [-0.4, -0.2) is 15.0 Å². The molecule has 18 heavy (non-hydrogen) atoms. The normalized spacial score (nSPS) is 10.1. The lowest BCUT2D eigenvalue weighted by molar-refractivity contribution is 1.16. The highest BCUT2D eigenvalue weighted by Crippen LogP contribution is 2.28. The van der Waals surface area contributed by atoms with Crippen molar-refractivity contribution in [2.45, 2.75) is 0 Å². The molecule has 7 heteroatoms. The largest absolute Gasteiger partial charge is 0.389 e. The summed E-state index contributed by atoms with van der Waals surface area (Å²) in [5.74, 6) is 0.525. The Hall–Kier alpha value is -1.24. The molecule has 4 nitrogen and oxygen atoms in total. The molecule has 0 saturated carbocycles. The third-order valence-corrected chi connectivity index (χ3v) is 3.20. The molecular weight excluding hydrogens is 336 g/mol. The van der Waals surface area contributed by atoms with Crippen LogP contribution in [0.3, 0.4) is 0 Å². The van der Waals surface area contributed by atoms with Crippen molar-refractivity contribution in [1.82, 2.24) is 9.97 Å². The van der Waals surface area contributed by atoms with E-state index in [9.17, 15) is 0 Å². The average Bonchev–Trinajstić information content (AvgIpc) is 2.34. The first kappa shape index (κ1) is 13.2. The van der Waals surface area contributed by atoms with E-state index in [1.807, 2.05) is 12.1 Å². The Bertz CT molecular complexity index is 605. The van der Waals surface area contributed by atoms with Gasteiger partial charge in [0.2, 0.25) is 0 Å². The molecule has 2 aromatic rings. The summed E-state index contributed by atoms with van der Waals surface area (Å²) in [5.41, 5.74) is 6.89. The van der Waals surface area contributed by atoms with E-state index < -0.39 is 0 Å². The number of thiocarbonyl (C=S) groups is 1. The van der Waals surface area contributed by atoms with Gasteiger partial charge < -0.3 is 11.1 Å². The van der Waals surface area contributed by atoms with Crippen LogP contribution in [0.15, 0.2) is 35.2 Å². The Morgan fingerprint density at radius 1 is 1.44 bits per heavy atom. The van der Waals surface area contributed by atoms with Crippen LogP contribution in [-0.2, 0) is 0 Å². The highest BCUT2D eigenvalue weighted by Gasteiger charge is 2.09. The highest BCUT2D eigenvalue weighted by atomic mass is 79.9. The van der Waals surface area contributed by atoms with E-state index in [0.717, 1.165) is 4.47 Å². The highest BCUT2D eigenvalue weighted by molar-refractivity contribution is 9.10. The van der Waals surface area contributed by atoms with Gasteiger partial charge >= 0.3 is 0 Å². The molecule has 0 atom stereocenters. The quantitative estimate of drug-likeness (QED) is 0.837. The molecule has 3 N–H and O–H groups in total. The van der Waals surface area contributed by atoms with Crippen molar-refractivity contribution in [3.63, 3.8) is 0 Å². The van der Waals surface area contributed by atoms with Crippen molar-refractivity contribution in [2.24, 2.45) is 5.73 Å². The number of nitrogens with zero attached hydrogens (tertiary/aromatic N) is 2. The molecule has 1 heterocycles. The SMILES string of the molecule is NC(=S)c1cncnc1Nc1cc(Br)ccc1Cl.